The number of nitrogens with one attached hydrogen (secondary N) is 1. The van der Waals surface area contributed by atoms with Gasteiger partial charge in [0.1, 0.15) is 10.5 Å². The third kappa shape index (κ3) is 2.23. The van der Waals surface area contributed by atoms with Crippen LogP contribution in [0.3, 0.4) is 0 Å². The molecule has 0 amide bonds. The first kappa shape index (κ1) is 13.0. The number of hydrogen-bond donors (Lipinski definition) is 1. The van der Waals surface area contributed by atoms with Crippen LogP contribution in [0.1, 0.15) is 0 Å². The Balaban J connectivity index is 1.91. The summed E-state index contributed by atoms with van der Waals surface area (Å²) in [6, 6.07) is 21.7. The molecule has 22 heavy (non-hydrogen) atoms. The Bertz CT molecular complexity index is 988. The third-order valence-electron chi connectivity index (χ3n) is 3.49. The van der Waals surface area contributed by atoms with Crippen LogP contribution in [0.4, 0.5) is 0 Å². The molecule has 2 aromatic heterocycles. The molecule has 1 N–H and O–H groups in total. The maximum atomic E-state index is 12.3. The highest BCUT2D eigenvalue weighted by atomic mass is 32.1. The number of aromatic amines is 1. The second-order valence-electron chi connectivity index (χ2n) is 4.97. The van der Waals surface area contributed by atoms with Crippen molar-refractivity contribution in [2.24, 2.45) is 0 Å². The van der Waals surface area contributed by atoms with E-state index in [1.54, 1.807) is 0 Å². The number of benzene rings is 2. The molecule has 4 aromatic rings. The van der Waals surface area contributed by atoms with Crippen molar-refractivity contribution in [3.05, 3.63) is 77.1 Å². The first-order chi connectivity index (χ1) is 10.8. The minimum atomic E-state index is -0.0870. The molecule has 0 aliphatic heterocycles. The van der Waals surface area contributed by atoms with Crippen LogP contribution in [0.2, 0.25) is 0 Å². The van der Waals surface area contributed by atoms with E-state index in [9.17, 15) is 4.79 Å². The average Bonchev–Trinajstić information content (AvgIpc) is 3.01. The number of hydrogen-bond acceptors (Lipinski definition) is 3. The lowest BCUT2D eigenvalue weighted by molar-refractivity contribution is 1.19. The van der Waals surface area contributed by atoms with Gasteiger partial charge in [0.25, 0.3) is 5.56 Å². The van der Waals surface area contributed by atoms with E-state index in [4.69, 9.17) is 0 Å². The Kier molecular flexibility index (Phi) is 3.09. The van der Waals surface area contributed by atoms with E-state index in [2.05, 4.69) is 9.97 Å². The molecule has 3 nitrogen and oxygen atoms in total. The van der Waals surface area contributed by atoms with Crippen molar-refractivity contribution < 1.29 is 0 Å². The summed E-state index contributed by atoms with van der Waals surface area (Å²) in [4.78, 5) is 20.9. The van der Waals surface area contributed by atoms with Crippen LogP contribution >= 0.6 is 11.3 Å². The molecule has 0 radical (unpaired) electrons. The molecule has 0 atom stereocenters. The summed E-state index contributed by atoms with van der Waals surface area (Å²) < 4.78 is 0.665. The largest absolute Gasteiger partial charge is 0.305 e. The molecule has 4 heteroatoms. The average molecular weight is 304 g/mol. The van der Waals surface area contributed by atoms with Crippen molar-refractivity contribution >= 4 is 21.6 Å². The molecule has 0 aliphatic rings. The minimum absolute atomic E-state index is 0.0870. The van der Waals surface area contributed by atoms with E-state index in [-0.39, 0.29) is 5.56 Å². The van der Waals surface area contributed by atoms with Crippen LogP contribution < -0.4 is 5.56 Å². The molecule has 2 aromatic carbocycles. The highest BCUT2D eigenvalue weighted by molar-refractivity contribution is 7.22. The van der Waals surface area contributed by atoms with E-state index in [1.807, 2.05) is 66.7 Å². The number of thiophene rings is 1. The quantitative estimate of drug-likeness (QED) is 0.599. The van der Waals surface area contributed by atoms with Gasteiger partial charge in [-0.3, -0.25) is 4.79 Å². The zero-order valence-electron chi connectivity index (χ0n) is 11.6. The molecule has 0 saturated heterocycles. The Morgan fingerprint density at radius 3 is 2.18 bits per heavy atom. The Labute approximate surface area is 130 Å². The molecule has 0 bridgehead atoms. The maximum Gasteiger partial charge on any atom is 0.269 e. The van der Waals surface area contributed by atoms with Gasteiger partial charge in [-0.2, -0.15) is 0 Å². The topological polar surface area (TPSA) is 45.8 Å². The highest BCUT2D eigenvalue weighted by Crippen LogP contribution is 2.31. The summed E-state index contributed by atoms with van der Waals surface area (Å²) >= 11 is 1.47. The third-order valence-corrected chi connectivity index (χ3v) is 4.66. The lowest BCUT2D eigenvalue weighted by Crippen LogP contribution is -2.07. The Hall–Kier alpha value is -2.72. The van der Waals surface area contributed by atoms with Gasteiger partial charge in [0, 0.05) is 10.4 Å². The first-order valence-electron chi connectivity index (χ1n) is 6.96. The molecule has 106 valence electrons. The summed E-state index contributed by atoms with van der Waals surface area (Å²) in [5, 5.41) is 0. The number of nitrogens with zero attached hydrogens (tertiary/aromatic N) is 1. The summed E-state index contributed by atoms with van der Waals surface area (Å²) in [5.41, 5.74) is 2.67. The lowest BCUT2D eigenvalue weighted by atomic mass is 10.2. The monoisotopic (exact) mass is 304 g/mol. The SMILES string of the molecule is O=c1[nH]c(-c2ccccc2)nc2cc(-c3ccccc3)sc12. The first-order valence-corrected chi connectivity index (χ1v) is 7.77. The van der Waals surface area contributed by atoms with E-state index < -0.39 is 0 Å². The van der Waals surface area contributed by atoms with Crippen LogP contribution in [-0.4, -0.2) is 9.97 Å². The fourth-order valence-corrected chi connectivity index (χ4v) is 3.41. The highest BCUT2D eigenvalue weighted by Gasteiger charge is 2.10. The number of aromatic nitrogens is 2. The lowest BCUT2D eigenvalue weighted by Gasteiger charge is -1.99. The number of H-pyrrole nitrogens is 1. The number of rotatable bonds is 2. The second-order valence-corrected chi connectivity index (χ2v) is 6.02. The summed E-state index contributed by atoms with van der Waals surface area (Å²) in [7, 11) is 0. The second kappa shape index (κ2) is 5.24. The van der Waals surface area contributed by atoms with Crippen molar-refractivity contribution in [2.45, 2.75) is 0 Å². The Morgan fingerprint density at radius 2 is 1.50 bits per heavy atom. The van der Waals surface area contributed by atoms with Crippen molar-refractivity contribution in [1.82, 2.24) is 9.97 Å². The molecular weight excluding hydrogens is 292 g/mol. The summed E-state index contributed by atoms with van der Waals surface area (Å²) in [6.45, 7) is 0. The van der Waals surface area contributed by atoms with E-state index in [0.717, 1.165) is 21.5 Å². The molecule has 4 rings (SSSR count). The van der Waals surface area contributed by atoms with Gasteiger partial charge in [0.2, 0.25) is 0 Å². The zero-order valence-corrected chi connectivity index (χ0v) is 12.4. The van der Waals surface area contributed by atoms with Gasteiger partial charge in [0.15, 0.2) is 0 Å². The fraction of sp³-hybridized carbons (Fsp3) is 0. The van der Waals surface area contributed by atoms with Gasteiger partial charge >= 0.3 is 0 Å². The minimum Gasteiger partial charge on any atom is -0.305 e. The zero-order chi connectivity index (χ0) is 14.9. The normalized spacial score (nSPS) is 10.9. The maximum absolute atomic E-state index is 12.3. The van der Waals surface area contributed by atoms with Gasteiger partial charge in [-0.15, -0.1) is 11.3 Å². The van der Waals surface area contributed by atoms with Gasteiger partial charge in [-0.05, 0) is 11.6 Å². The standard InChI is InChI=1S/C18H12N2OS/c21-18-16-14(11-15(22-16)12-7-3-1-4-8-12)19-17(20-18)13-9-5-2-6-10-13/h1-11H,(H,19,20,21). The predicted octanol–water partition coefficient (Wildman–Crippen LogP) is 4.32. The molecular formula is C18H12N2OS. The van der Waals surface area contributed by atoms with Gasteiger partial charge in [-0.1, -0.05) is 60.7 Å². The summed E-state index contributed by atoms with van der Waals surface area (Å²) in [5.74, 6) is 0.607. The molecule has 2 heterocycles. The smallest absolute Gasteiger partial charge is 0.269 e. The molecule has 0 spiro atoms. The van der Waals surface area contributed by atoms with E-state index in [0.29, 0.717) is 10.5 Å². The van der Waals surface area contributed by atoms with Crippen LogP contribution in [-0.2, 0) is 0 Å². The van der Waals surface area contributed by atoms with Crippen molar-refractivity contribution in [2.75, 3.05) is 0 Å². The number of fused-ring (bicyclic) bond motifs is 1. The van der Waals surface area contributed by atoms with Crippen LogP contribution in [0.5, 0.6) is 0 Å². The molecule has 0 fully saturated rings. The molecule has 0 aliphatic carbocycles. The van der Waals surface area contributed by atoms with Gasteiger partial charge in [0.05, 0.1) is 5.52 Å². The van der Waals surface area contributed by atoms with Crippen LogP contribution in [0.25, 0.3) is 32.0 Å². The van der Waals surface area contributed by atoms with Crippen LogP contribution in [0, 0.1) is 0 Å². The molecule has 0 saturated carbocycles. The molecule has 0 unspecified atom stereocenters. The van der Waals surface area contributed by atoms with Crippen LogP contribution in [0.15, 0.2) is 71.5 Å². The predicted molar refractivity (Wildman–Crippen MR) is 91.1 cm³/mol. The van der Waals surface area contributed by atoms with Gasteiger partial charge in [-0.25, -0.2) is 4.98 Å². The van der Waals surface area contributed by atoms with Crippen molar-refractivity contribution in [3.8, 4) is 21.8 Å². The van der Waals surface area contributed by atoms with Gasteiger partial charge < -0.3 is 4.98 Å². The summed E-state index contributed by atoms with van der Waals surface area (Å²) in [6.07, 6.45) is 0. The fourth-order valence-electron chi connectivity index (χ4n) is 2.42. The van der Waals surface area contributed by atoms with E-state index in [1.165, 1.54) is 11.3 Å². The van der Waals surface area contributed by atoms with E-state index >= 15 is 0 Å². The Morgan fingerprint density at radius 1 is 0.864 bits per heavy atom. The van der Waals surface area contributed by atoms with Crippen molar-refractivity contribution in [1.29, 1.82) is 0 Å². The van der Waals surface area contributed by atoms with Crippen molar-refractivity contribution in [3.63, 3.8) is 0 Å².